The summed E-state index contributed by atoms with van der Waals surface area (Å²) in [7, 11) is 0. The molecule has 6 nitrogen and oxygen atoms in total. The number of nitrogens with zero attached hydrogens (tertiary/aromatic N) is 2. The average molecular weight is 418 g/mol. The van der Waals surface area contributed by atoms with Crippen LogP contribution in [-0.2, 0) is 11.2 Å². The van der Waals surface area contributed by atoms with E-state index in [1.54, 1.807) is 37.3 Å². The van der Waals surface area contributed by atoms with Crippen LogP contribution in [0.25, 0.3) is 11.0 Å². The second-order valence-corrected chi connectivity index (χ2v) is 7.85. The number of hydrogen-bond donors (Lipinski definition) is 0. The molecule has 0 aliphatic heterocycles. The van der Waals surface area contributed by atoms with Crippen molar-refractivity contribution in [1.29, 1.82) is 0 Å². The van der Waals surface area contributed by atoms with Crippen molar-refractivity contribution in [3.05, 3.63) is 102 Å². The number of ether oxygens (including phenoxy) is 1. The number of rotatable bonds is 4. The number of fused-ring (bicyclic) bond motifs is 1. The van der Waals surface area contributed by atoms with Gasteiger partial charge in [0.1, 0.15) is 5.75 Å². The van der Waals surface area contributed by atoms with E-state index < -0.39 is 5.97 Å². The lowest BCUT2D eigenvalue weighted by Crippen LogP contribution is -2.27. The van der Waals surface area contributed by atoms with E-state index >= 15 is 0 Å². The Kier molecular flexibility index (Phi) is 5.29. The van der Waals surface area contributed by atoms with Gasteiger partial charge in [0.05, 0.1) is 4.53 Å². The van der Waals surface area contributed by atoms with Crippen molar-refractivity contribution < 1.29 is 9.53 Å². The van der Waals surface area contributed by atoms with E-state index in [4.69, 9.17) is 4.74 Å². The summed E-state index contributed by atoms with van der Waals surface area (Å²) in [6.45, 7) is 3.12. The minimum atomic E-state index is -0.393. The maximum Gasteiger partial charge on any atom is 0.308 e. The van der Waals surface area contributed by atoms with Crippen LogP contribution in [0.15, 0.2) is 64.2 Å². The van der Waals surface area contributed by atoms with Crippen molar-refractivity contribution in [2.24, 2.45) is 0 Å². The van der Waals surface area contributed by atoms with Crippen LogP contribution in [0.2, 0.25) is 0 Å². The van der Waals surface area contributed by atoms with E-state index in [1.165, 1.54) is 22.7 Å². The van der Waals surface area contributed by atoms with Crippen LogP contribution in [0.4, 0.5) is 0 Å². The number of carbonyl (C=O) groups is 1. The lowest BCUT2D eigenvalue weighted by Gasteiger charge is -2.06. The first-order valence-electron chi connectivity index (χ1n) is 9.31. The molecule has 7 heteroatoms. The fourth-order valence-electron chi connectivity index (χ4n) is 3.24. The third-order valence-electron chi connectivity index (χ3n) is 4.70. The zero-order valence-electron chi connectivity index (χ0n) is 16.4. The third kappa shape index (κ3) is 3.92. The quantitative estimate of drug-likeness (QED) is 0.376. The molecule has 2 aromatic carbocycles. The fourth-order valence-corrected chi connectivity index (χ4v) is 4.25. The summed E-state index contributed by atoms with van der Waals surface area (Å²) in [5, 5.41) is 0. The van der Waals surface area contributed by atoms with E-state index in [0.29, 0.717) is 32.9 Å². The highest BCUT2D eigenvalue weighted by Gasteiger charge is 2.14. The van der Waals surface area contributed by atoms with Crippen molar-refractivity contribution >= 4 is 28.3 Å². The Morgan fingerprint density at radius 2 is 1.80 bits per heavy atom. The Morgan fingerprint density at radius 3 is 2.47 bits per heavy atom. The van der Waals surface area contributed by atoms with Crippen LogP contribution in [-0.4, -0.2) is 15.4 Å². The lowest BCUT2D eigenvalue weighted by molar-refractivity contribution is -0.131. The molecule has 2 heterocycles. The van der Waals surface area contributed by atoms with Gasteiger partial charge in [0.25, 0.3) is 11.1 Å². The van der Waals surface area contributed by atoms with Crippen LogP contribution in [0, 0.1) is 6.92 Å². The number of benzene rings is 2. The molecule has 0 bridgehead atoms. The summed E-state index contributed by atoms with van der Waals surface area (Å²) >= 11 is 1.18. The van der Waals surface area contributed by atoms with E-state index in [9.17, 15) is 14.4 Å². The molecule has 0 saturated carbocycles. The standard InChI is InChI=1S/C23H18N2O4S/c1-14-19(12-16-6-4-3-5-7-16)21(27)24-23-25(14)22(28)20(30-23)13-17-8-10-18(11-9-17)29-15(2)26/h3-11,13H,12H2,1-2H3/b20-13-. The summed E-state index contributed by atoms with van der Waals surface area (Å²) in [6, 6.07) is 16.5. The maximum absolute atomic E-state index is 13.0. The van der Waals surface area contributed by atoms with Gasteiger partial charge >= 0.3 is 5.97 Å². The summed E-state index contributed by atoms with van der Waals surface area (Å²) in [5.74, 6) is 0.0440. The van der Waals surface area contributed by atoms with Crippen molar-refractivity contribution in [2.75, 3.05) is 0 Å². The molecule has 0 amide bonds. The van der Waals surface area contributed by atoms with Gasteiger partial charge in [-0.25, -0.2) is 0 Å². The molecule has 30 heavy (non-hydrogen) atoms. The van der Waals surface area contributed by atoms with E-state index in [-0.39, 0.29) is 11.1 Å². The van der Waals surface area contributed by atoms with Crippen LogP contribution in [0.5, 0.6) is 5.75 Å². The minimum Gasteiger partial charge on any atom is -0.427 e. The van der Waals surface area contributed by atoms with Gasteiger partial charge in [0, 0.05) is 24.6 Å². The van der Waals surface area contributed by atoms with Gasteiger partial charge in [-0.05, 0) is 36.3 Å². The maximum atomic E-state index is 13.0. The number of carbonyl (C=O) groups excluding carboxylic acids is 1. The topological polar surface area (TPSA) is 77.7 Å². The predicted octanol–water partition coefficient (Wildman–Crippen LogP) is 2.49. The smallest absolute Gasteiger partial charge is 0.308 e. The van der Waals surface area contributed by atoms with Gasteiger partial charge < -0.3 is 4.74 Å². The number of thiazole rings is 1. The molecule has 0 spiro atoms. The van der Waals surface area contributed by atoms with Crippen LogP contribution in [0.3, 0.4) is 0 Å². The molecule has 2 aromatic heterocycles. The Balaban J connectivity index is 1.78. The molecule has 0 aliphatic carbocycles. The van der Waals surface area contributed by atoms with Gasteiger partial charge in [0.2, 0.25) is 4.96 Å². The van der Waals surface area contributed by atoms with Crippen LogP contribution < -0.4 is 20.4 Å². The fraction of sp³-hybridized carbons (Fsp3) is 0.130. The molecular formula is C23H18N2O4S. The minimum absolute atomic E-state index is 0.210. The molecule has 0 atom stereocenters. The molecule has 0 unspecified atom stereocenters. The Bertz CT molecular complexity index is 1400. The van der Waals surface area contributed by atoms with E-state index in [1.807, 2.05) is 30.3 Å². The average Bonchev–Trinajstić information content (AvgIpc) is 3.02. The van der Waals surface area contributed by atoms with Gasteiger partial charge in [0.15, 0.2) is 0 Å². The Morgan fingerprint density at radius 1 is 1.10 bits per heavy atom. The van der Waals surface area contributed by atoms with Gasteiger partial charge in [-0.1, -0.05) is 53.8 Å². The van der Waals surface area contributed by atoms with Gasteiger partial charge in [-0.3, -0.25) is 18.8 Å². The molecule has 4 rings (SSSR count). The van der Waals surface area contributed by atoms with E-state index in [2.05, 4.69) is 4.98 Å². The second-order valence-electron chi connectivity index (χ2n) is 6.84. The normalized spacial score (nSPS) is 11.7. The molecule has 150 valence electrons. The molecule has 0 radical (unpaired) electrons. The second kappa shape index (κ2) is 8.04. The highest BCUT2D eigenvalue weighted by atomic mass is 32.1. The zero-order chi connectivity index (χ0) is 21.3. The van der Waals surface area contributed by atoms with Crippen LogP contribution >= 0.6 is 11.3 Å². The third-order valence-corrected chi connectivity index (χ3v) is 5.67. The summed E-state index contributed by atoms with van der Waals surface area (Å²) in [5.41, 5.74) is 2.38. The van der Waals surface area contributed by atoms with Crippen molar-refractivity contribution in [2.45, 2.75) is 20.3 Å². The molecule has 0 N–H and O–H groups in total. The summed E-state index contributed by atoms with van der Waals surface area (Å²) < 4.78 is 7.00. The van der Waals surface area contributed by atoms with Crippen LogP contribution in [0.1, 0.15) is 29.3 Å². The Labute approximate surface area is 175 Å². The van der Waals surface area contributed by atoms with Gasteiger partial charge in [-0.15, -0.1) is 0 Å². The number of aryl methyl sites for hydroxylation is 1. The van der Waals surface area contributed by atoms with Crippen molar-refractivity contribution in [3.63, 3.8) is 0 Å². The number of aromatic nitrogens is 2. The molecular weight excluding hydrogens is 400 g/mol. The first kappa shape index (κ1) is 19.7. The molecule has 0 saturated heterocycles. The Hall–Kier alpha value is -3.58. The van der Waals surface area contributed by atoms with Crippen molar-refractivity contribution in [3.8, 4) is 5.75 Å². The number of esters is 1. The van der Waals surface area contributed by atoms with Crippen molar-refractivity contribution in [1.82, 2.24) is 9.38 Å². The molecule has 0 fully saturated rings. The first-order valence-corrected chi connectivity index (χ1v) is 10.1. The highest BCUT2D eigenvalue weighted by Crippen LogP contribution is 2.14. The largest absolute Gasteiger partial charge is 0.427 e. The lowest BCUT2D eigenvalue weighted by atomic mass is 10.1. The number of hydrogen-bond acceptors (Lipinski definition) is 6. The van der Waals surface area contributed by atoms with E-state index in [0.717, 1.165) is 11.1 Å². The zero-order valence-corrected chi connectivity index (χ0v) is 17.2. The summed E-state index contributed by atoms with van der Waals surface area (Å²) in [4.78, 5) is 41.2. The molecule has 0 aliphatic rings. The van der Waals surface area contributed by atoms with Gasteiger partial charge in [-0.2, -0.15) is 4.98 Å². The highest BCUT2D eigenvalue weighted by molar-refractivity contribution is 7.15. The first-order chi connectivity index (χ1) is 14.4. The monoisotopic (exact) mass is 418 g/mol. The SMILES string of the molecule is CC(=O)Oc1ccc(/C=c2\sc3nc(=O)c(Cc4ccccc4)c(C)n3c2=O)cc1. The molecule has 4 aromatic rings. The summed E-state index contributed by atoms with van der Waals surface area (Å²) in [6.07, 6.45) is 2.16. The predicted molar refractivity (Wildman–Crippen MR) is 116 cm³/mol.